The molecule has 0 aromatic carbocycles. The molecule has 4 heteroatoms. The first-order valence-corrected chi connectivity index (χ1v) is 7.35. The fourth-order valence-electron chi connectivity index (χ4n) is 3.73. The number of ether oxygens (including phenoxy) is 1. The van der Waals surface area contributed by atoms with Crippen LogP contribution in [0.5, 0.6) is 0 Å². The van der Waals surface area contributed by atoms with E-state index in [0.717, 1.165) is 58.2 Å². The van der Waals surface area contributed by atoms with Crippen molar-refractivity contribution in [3.8, 4) is 0 Å². The summed E-state index contributed by atoms with van der Waals surface area (Å²) in [4.78, 5) is 14.3. The highest BCUT2D eigenvalue weighted by atomic mass is 16.6. The van der Waals surface area contributed by atoms with Crippen molar-refractivity contribution >= 4 is 5.97 Å². The van der Waals surface area contributed by atoms with Crippen LogP contribution in [0.3, 0.4) is 0 Å². The molecule has 0 aromatic heterocycles. The molecule has 1 N–H and O–H groups in total. The van der Waals surface area contributed by atoms with Crippen molar-refractivity contribution in [1.29, 1.82) is 0 Å². The van der Waals surface area contributed by atoms with E-state index in [9.17, 15) is 9.90 Å². The lowest BCUT2D eigenvalue weighted by atomic mass is 9.86. The Morgan fingerprint density at radius 2 is 1.83 bits per heavy atom. The van der Waals surface area contributed by atoms with Gasteiger partial charge in [0.1, 0.15) is 6.10 Å². The number of fused-ring (bicyclic) bond motifs is 3. The van der Waals surface area contributed by atoms with Crippen LogP contribution in [-0.2, 0) is 9.53 Å². The largest absolute Gasteiger partial charge is 0.459 e. The zero-order valence-corrected chi connectivity index (χ0v) is 10.9. The van der Waals surface area contributed by atoms with E-state index in [4.69, 9.17) is 4.74 Å². The van der Waals surface area contributed by atoms with Gasteiger partial charge >= 0.3 is 5.97 Å². The van der Waals surface area contributed by atoms with Crippen molar-refractivity contribution < 1.29 is 14.6 Å². The molecular formula is C14H23NO3. The fraction of sp³-hybridized carbons (Fsp3) is 0.929. The molecule has 2 atom stereocenters. The second kappa shape index (κ2) is 5.17. The van der Waals surface area contributed by atoms with Gasteiger partial charge < -0.3 is 9.84 Å². The highest BCUT2D eigenvalue weighted by Gasteiger charge is 2.38. The van der Waals surface area contributed by atoms with Crippen LogP contribution in [0, 0.1) is 11.8 Å². The molecule has 0 radical (unpaired) electrons. The average molecular weight is 253 g/mol. The Hall–Kier alpha value is -0.610. The Kier molecular flexibility index (Phi) is 3.57. The molecule has 3 saturated heterocycles. The van der Waals surface area contributed by atoms with Crippen LogP contribution in [0.4, 0.5) is 0 Å². The molecule has 0 aromatic rings. The fourth-order valence-corrected chi connectivity index (χ4v) is 3.73. The lowest BCUT2D eigenvalue weighted by Gasteiger charge is -2.44. The van der Waals surface area contributed by atoms with Crippen molar-refractivity contribution in [3.05, 3.63) is 0 Å². The van der Waals surface area contributed by atoms with Gasteiger partial charge in [-0.2, -0.15) is 0 Å². The first-order chi connectivity index (χ1) is 8.74. The van der Waals surface area contributed by atoms with Gasteiger partial charge in [-0.1, -0.05) is 12.8 Å². The topological polar surface area (TPSA) is 49.8 Å². The Balaban J connectivity index is 1.54. The average Bonchev–Trinajstić information content (AvgIpc) is 2.93. The van der Waals surface area contributed by atoms with Crippen LogP contribution >= 0.6 is 0 Å². The van der Waals surface area contributed by atoms with Gasteiger partial charge in [0.25, 0.3) is 0 Å². The normalized spacial score (nSPS) is 37.7. The molecule has 102 valence electrons. The molecule has 2 unspecified atom stereocenters. The maximum Gasteiger partial charge on any atom is 0.335 e. The van der Waals surface area contributed by atoms with Gasteiger partial charge in [0.2, 0.25) is 0 Å². The molecule has 1 aliphatic carbocycles. The van der Waals surface area contributed by atoms with Gasteiger partial charge in [-0.15, -0.1) is 0 Å². The Labute approximate surface area is 108 Å². The summed E-state index contributed by atoms with van der Waals surface area (Å²) in [5.74, 6) is 0.286. The number of piperidine rings is 3. The van der Waals surface area contributed by atoms with Gasteiger partial charge in [-0.05, 0) is 50.6 Å². The number of carbonyl (C=O) groups is 1. The van der Waals surface area contributed by atoms with Crippen molar-refractivity contribution in [1.82, 2.24) is 4.90 Å². The molecule has 3 heterocycles. The van der Waals surface area contributed by atoms with Crippen LogP contribution in [0.25, 0.3) is 0 Å². The summed E-state index contributed by atoms with van der Waals surface area (Å²) >= 11 is 0. The molecule has 0 spiro atoms. The predicted molar refractivity (Wildman–Crippen MR) is 67.0 cm³/mol. The highest BCUT2D eigenvalue weighted by Crippen LogP contribution is 2.32. The van der Waals surface area contributed by atoms with Gasteiger partial charge in [-0.3, -0.25) is 4.90 Å². The van der Waals surface area contributed by atoms with Crippen LogP contribution in [0.1, 0.15) is 38.5 Å². The number of aliphatic hydroxyl groups is 1. The second-order valence-corrected chi connectivity index (χ2v) is 6.10. The minimum Gasteiger partial charge on any atom is -0.459 e. The molecular weight excluding hydrogens is 230 g/mol. The zero-order chi connectivity index (χ0) is 12.5. The Morgan fingerprint density at radius 1 is 1.17 bits per heavy atom. The third-order valence-corrected chi connectivity index (χ3v) is 4.95. The molecule has 4 fully saturated rings. The standard InChI is InChI=1S/C14H23NO3/c16-13(11-3-1-2-4-11)14(17)18-12-9-15-7-5-10(12)6-8-15/h10-13,16H,1-9H2. The number of esters is 1. The minimum absolute atomic E-state index is 0.0241. The number of hydrogen-bond donors (Lipinski definition) is 1. The summed E-state index contributed by atoms with van der Waals surface area (Å²) in [5, 5.41) is 10.0. The van der Waals surface area contributed by atoms with E-state index < -0.39 is 6.10 Å². The molecule has 18 heavy (non-hydrogen) atoms. The molecule has 0 amide bonds. The first kappa shape index (κ1) is 12.4. The SMILES string of the molecule is O=C(OC1CN2CCC1CC2)C(O)C1CCCC1. The van der Waals surface area contributed by atoms with Crippen molar-refractivity contribution in [2.75, 3.05) is 19.6 Å². The van der Waals surface area contributed by atoms with E-state index >= 15 is 0 Å². The summed E-state index contributed by atoms with van der Waals surface area (Å²) in [6, 6.07) is 0. The smallest absolute Gasteiger partial charge is 0.335 e. The number of rotatable bonds is 3. The summed E-state index contributed by atoms with van der Waals surface area (Å²) < 4.78 is 5.57. The minimum atomic E-state index is -0.886. The van der Waals surface area contributed by atoms with Gasteiger partial charge in [0, 0.05) is 6.54 Å². The van der Waals surface area contributed by atoms with Crippen molar-refractivity contribution in [2.24, 2.45) is 11.8 Å². The quantitative estimate of drug-likeness (QED) is 0.767. The van der Waals surface area contributed by atoms with Crippen molar-refractivity contribution in [3.63, 3.8) is 0 Å². The number of aliphatic hydroxyl groups excluding tert-OH is 1. The maximum absolute atomic E-state index is 12.0. The van der Waals surface area contributed by atoms with Crippen LogP contribution in [0.15, 0.2) is 0 Å². The third kappa shape index (κ3) is 2.41. The molecule has 4 nitrogen and oxygen atoms in total. The Bertz CT molecular complexity index is 306. The number of nitrogens with zero attached hydrogens (tertiary/aromatic N) is 1. The molecule has 4 aliphatic rings. The highest BCUT2D eigenvalue weighted by molar-refractivity contribution is 5.75. The van der Waals surface area contributed by atoms with Gasteiger partial charge in [0.15, 0.2) is 6.10 Å². The summed E-state index contributed by atoms with van der Waals surface area (Å²) in [5.41, 5.74) is 0. The van der Waals surface area contributed by atoms with Crippen molar-refractivity contribution in [2.45, 2.75) is 50.7 Å². The summed E-state index contributed by atoms with van der Waals surface area (Å²) in [6.07, 6.45) is 5.62. The zero-order valence-electron chi connectivity index (χ0n) is 10.9. The summed E-state index contributed by atoms with van der Waals surface area (Å²) in [6.45, 7) is 3.15. The van der Waals surface area contributed by atoms with Crippen LogP contribution in [-0.4, -0.2) is 47.8 Å². The second-order valence-electron chi connectivity index (χ2n) is 6.10. The van der Waals surface area contributed by atoms with Gasteiger partial charge in [-0.25, -0.2) is 4.79 Å². The Morgan fingerprint density at radius 3 is 2.39 bits per heavy atom. The van der Waals surface area contributed by atoms with E-state index in [2.05, 4.69) is 4.90 Å². The summed E-state index contributed by atoms with van der Waals surface area (Å²) in [7, 11) is 0. The molecule has 4 rings (SSSR count). The van der Waals surface area contributed by atoms with E-state index in [-0.39, 0.29) is 18.0 Å². The van der Waals surface area contributed by atoms with Gasteiger partial charge in [0.05, 0.1) is 0 Å². The van der Waals surface area contributed by atoms with E-state index in [1.165, 1.54) is 0 Å². The third-order valence-electron chi connectivity index (χ3n) is 4.95. The van der Waals surface area contributed by atoms with E-state index in [1.54, 1.807) is 0 Å². The first-order valence-electron chi connectivity index (χ1n) is 7.35. The number of carbonyl (C=O) groups excluding carboxylic acids is 1. The van der Waals surface area contributed by atoms with Crippen LogP contribution in [0.2, 0.25) is 0 Å². The lowest BCUT2D eigenvalue weighted by Crippen LogP contribution is -2.52. The van der Waals surface area contributed by atoms with E-state index in [0.29, 0.717) is 5.92 Å². The molecule has 3 aliphatic heterocycles. The molecule has 1 saturated carbocycles. The maximum atomic E-state index is 12.0. The molecule has 2 bridgehead atoms. The lowest BCUT2D eigenvalue weighted by molar-refractivity contribution is -0.171. The predicted octanol–water partition coefficient (Wildman–Crippen LogP) is 1.17. The van der Waals surface area contributed by atoms with E-state index in [1.807, 2.05) is 0 Å². The van der Waals surface area contributed by atoms with Crippen LogP contribution < -0.4 is 0 Å². The number of hydrogen-bond acceptors (Lipinski definition) is 4. The monoisotopic (exact) mass is 253 g/mol.